The second kappa shape index (κ2) is 7.58. The summed E-state index contributed by atoms with van der Waals surface area (Å²) < 4.78 is 6.88. The first-order valence-corrected chi connectivity index (χ1v) is 8.24. The molecule has 25 heavy (non-hydrogen) atoms. The van der Waals surface area contributed by atoms with Crippen molar-refractivity contribution < 1.29 is 14.6 Å². The zero-order valence-electron chi connectivity index (χ0n) is 14.1. The molecule has 3 rings (SSSR count). The van der Waals surface area contributed by atoms with Crippen molar-refractivity contribution in [3.05, 3.63) is 63.8 Å². The van der Waals surface area contributed by atoms with E-state index in [9.17, 15) is 14.7 Å². The number of ether oxygens (including phenoxy) is 1. The number of hydrogen-bond acceptors (Lipinski definition) is 5. The van der Waals surface area contributed by atoms with Crippen molar-refractivity contribution in [2.24, 2.45) is 0 Å². The van der Waals surface area contributed by atoms with Gasteiger partial charge in [0.25, 0.3) is 5.56 Å². The Morgan fingerprint density at radius 2 is 2.08 bits per heavy atom. The molecule has 0 radical (unpaired) electrons. The molecular weight excluding hydrogens is 322 g/mol. The van der Waals surface area contributed by atoms with E-state index < -0.39 is 11.5 Å². The Hall–Kier alpha value is -2.51. The highest BCUT2D eigenvalue weighted by Gasteiger charge is 2.25. The summed E-state index contributed by atoms with van der Waals surface area (Å²) in [5.74, 6) is -1.20. The Morgan fingerprint density at radius 3 is 2.72 bits per heavy atom. The summed E-state index contributed by atoms with van der Waals surface area (Å²) in [5.41, 5.74) is 0.661. The van der Waals surface area contributed by atoms with Crippen LogP contribution in [0.25, 0.3) is 0 Å². The van der Waals surface area contributed by atoms with Gasteiger partial charge in [0.15, 0.2) is 0 Å². The van der Waals surface area contributed by atoms with Crippen LogP contribution < -0.4 is 5.56 Å². The number of hydrogen-bond donors (Lipinski definition) is 1. The minimum Gasteiger partial charge on any atom is -0.477 e. The van der Waals surface area contributed by atoms with Gasteiger partial charge in [0.05, 0.1) is 24.9 Å². The highest BCUT2D eigenvalue weighted by atomic mass is 16.5. The van der Waals surface area contributed by atoms with Crippen LogP contribution in [0.2, 0.25) is 0 Å². The van der Waals surface area contributed by atoms with Crippen LogP contribution >= 0.6 is 0 Å². The van der Waals surface area contributed by atoms with Crippen molar-refractivity contribution in [3.63, 3.8) is 0 Å². The molecule has 0 spiro atoms. The van der Waals surface area contributed by atoms with Crippen LogP contribution in [0.1, 0.15) is 27.7 Å². The van der Waals surface area contributed by atoms with Crippen LogP contribution in [-0.2, 0) is 11.3 Å². The van der Waals surface area contributed by atoms with Gasteiger partial charge in [-0.15, -0.1) is 0 Å². The molecule has 0 saturated carbocycles. The minimum atomic E-state index is -1.20. The smallest absolute Gasteiger partial charge is 0.341 e. The van der Waals surface area contributed by atoms with E-state index in [4.69, 9.17) is 4.74 Å². The highest BCUT2D eigenvalue weighted by Crippen LogP contribution is 2.21. The maximum absolute atomic E-state index is 12.6. The molecule has 132 valence electrons. The third kappa shape index (κ3) is 3.78. The highest BCUT2D eigenvalue weighted by molar-refractivity contribution is 5.88. The van der Waals surface area contributed by atoms with Crippen LogP contribution in [0.3, 0.4) is 0 Å². The largest absolute Gasteiger partial charge is 0.477 e. The lowest BCUT2D eigenvalue weighted by atomic mass is 10.1. The first kappa shape index (κ1) is 17.3. The van der Waals surface area contributed by atoms with Crippen LogP contribution in [0, 0.1) is 6.92 Å². The predicted octanol–water partition coefficient (Wildman–Crippen LogP) is 1.32. The summed E-state index contributed by atoms with van der Waals surface area (Å²) in [4.78, 5) is 30.7. The van der Waals surface area contributed by atoms with E-state index in [1.165, 1.54) is 4.57 Å². The molecule has 1 unspecified atom stereocenters. The number of aromatic nitrogens is 2. The van der Waals surface area contributed by atoms with Gasteiger partial charge in [0.2, 0.25) is 0 Å². The minimum absolute atomic E-state index is 0.118. The van der Waals surface area contributed by atoms with Gasteiger partial charge in [-0.25, -0.2) is 4.79 Å². The number of carbonyl (C=O) groups is 1. The number of pyridine rings is 2. The molecule has 7 heteroatoms. The maximum atomic E-state index is 12.6. The van der Waals surface area contributed by atoms with E-state index in [0.717, 1.165) is 18.8 Å². The van der Waals surface area contributed by atoms with E-state index in [1.54, 1.807) is 25.4 Å². The molecule has 1 N–H and O–H groups in total. The Bertz CT molecular complexity index is 798. The topological polar surface area (TPSA) is 84.7 Å². The first-order chi connectivity index (χ1) is 12.1. The van der Waals surface area contributed by atoms with Gasteiger partial charge in [-0.05, 0) is 30.7 Å². The molecule has 1 fully saturated rings. The van der Waals surface area contributed by atoms with Crippen LogP contribution in [-0.4, -0.2) is 51.8 Å². The molecule has 1 aliphatic heterocycles. The van der Waals surface area contributed by atoms with E-state index in [1.807, 2.05) is 18.2 Å². The maximum Gasteiger partial charge on any atom is 0.341 e. The molecule has 3 heterocycles. The average Bonchev–Trinajstić information content (AvgIpc) is 2.62. The zero-order valence-corrected chi connectivity index (χ0v) is 14.1. The summed E-state index contributed by atoms with van der Waals surface area (Å²) in [6.45, 7) is 4.73. The van der Waals surface area contributed by atoms with Crippen molar-refractivity contribution >= 4 is 5.97 Å². The molecule has 1 aliphatic rings. The second-order valence-electron chi connectivity index (χ2n) is 6.06. The normalized spacial score (nSPS) is 16.5. The number of aryl methyl sites for hydroxylation is 1. The number of morpholine rings is 1. The number of aromatic carboxylic acids is 1. The molecule has 0 bridgehead atoms. The third-order valence-electron chi connectivity index (χ3n) is 4.47. The summed E-state index contributed by atoms with van der Waals surface area (Å²) in [7, 11) is 0. The fourth-order valence-corrected chi connectivity index (χ4v) is 3.11. The van der Waals surface area contributed by atoms with Crippen LogP contribution in [0.15, 0.2) is 41.5 Å². The van der Waals surface area contributed by atoms with Gasteiger partial charge in [-0.2, -0.15) is 0 Å². The predicted molar refractivity (Wildman–Crippen MR) is 91.8 cm³/mol. The zero-order chi connectivity index (χ0) is 17.8. The molecule has 0 aliphatic carbocycles. The van der Waals surface area contributed by atoms with Gasteiger partial charge in [0.1, 0.15) is 5.56 Å². The monoisotopic (exact) mass is 343 g/mol. The summed E-state index contributed by atoms with van der Waals surface area (Å²) in [5, 5.41) is 9.32. The Morgan fingerprint density at radius 1 is 1.32 bits per heavy atom. The number of carboxylic acids is 1. The molecule has 1 saturated heterocycles. The van der Waals surface area contributed by atoms with E-state index in [2.05, 4.69) is 9.88 Å². The van der Waals surface area contributed by atoms with Gasteiger partial charge < -0.3 is 14.4 Å². The van der Waals surface area contributed by atoms with Crippen LogP contribution in [0.4, 0.5) is 0 Å². The van der Waals surface area contributed by atoms with Crippen molar-refractivity contribution in [1.82, 2.24) is 14.5 Å². The number of nitrogens with zero attached hydrogens (tertiary/aromatic N) is 3. The lowest BCUT2D eigenvalue weighted by molar-refractivity contribution is 0.0111. The quantitative estimate of drug-likeness (QED) is 0.881. The molecule has 1 atom stereocenters. The second-order valence-corrected chi connectivity index (χ2v) is 6.06. The lowest BCUT2D eigenvalue weighted by Crippen LogP contribution is -2.42. The fourth-order valence-electron chi connectivity index (χ4n) is 3.11. The third-order valence-corrected chi connectivity index (χ3v) is 4.47. The van der Waals surface area contributed by atoms with Crippen LogP contribution in [0.5, 0.6) is 0 Å². The van der Waals surface area contributed by atoms with Crippen molar-refractivity contribution in [3.8, 4) is 0 Å². The van der Waals surface area contributed by atoms with Gasteiger partial charge in [-0.3, -0.25) is 14.7 Å². The molecule has 2 aromatic rings. The Balaban J connectivity index is 1.97. The van der Waals surface area contributed by atoms with Crippen molar-refractivity contribution in [2.75, 3.05) is 26.3 Å². The van der Waals surface area contributed by atoms with E-state index in [-0.39, 0.29) is 11.6 Å². The summed E-state index contributed by atoms with van der Waals surface area (Å²) >= 11 is 0. The SMILES string of the molecule is Cc1ccn(CC(c2ccccn2)N2CCOCC2)c(=O)c1C(=O)O. The number of rotatable bonds is 5. The molecule has 7 nitrogen and oxygen atoms in total. The molecule has 2 aromatic heterocycles. The molecular formula is C18H21N3O4. The Kier molecular flexibility index (Phi) is 5.25. The Labute approximate surface area is 145 Å². The first-order valence-electron chi connectivity index (χ1n) is 8.24. The van der Waals surface area contributed by atoms with E-state index >= 15 is 0 Å². The standard InChI is InChI=1S/C18H21N3O4/c1-13-5-7-21(17(22)16(13)18(23)24)12-15(14-4-2-3-6-19-14)20-8-10-25-11-9-20/h2-7,15H,8-12H2,1H3,(H,23,24). The average molecular weight is 343 g/mol. The van der Waals surface area contributed by atoms with Crippen molar-refractivity contribution in [1.29, 1.82) is 0 Å². The summed E-state index contributed by atoms with van der Waals surface area (Å²) in [6.07, 6.45) is 3.38. The van der Waals surface area contributed by atoms with Crippen molar-refractivity contribution in [2.45, 2.75) is 19.5 Å². The van der Waals surface area contributed by atoms with Gasteiger partial charge in [0, 0.05) is 32.0 Å². The summed E-state index contributed by atoms with van der Waals surface area (Å²) in [6, 6.07) is 7.24. The molecule has 0 amide bonds. The van der Waals surface area contributed by atoms with Gasteiger partial charge >= 0.3 is 5.97 Å². The number of carboxylic acid groups (broad SMARTS) is 1. The molecule has 0 aromatic carbocycles. The fraction of sp³-hybridized carbons (Fsp3) is 0.389. The van der Waals surface area contributed by atoms with E-state index in [0.29, 0.717) is 25.3 Å². The van der Waals surface area contributed by atoms with Gasteiger partial charge in [-0.1, -0.05) is 6.07 Å². The lowest BCUT2D eigenvalue weighted by Gasteiger charge is -2.34.